The summed E-state index contributed by atoms with van der Waals surface area (Å²) in [5, 5.41) is 3.62. The zero-order valence-electron chi connectivity index (χ0n) is 13.4. The minimum absolute atomic E-state index is 0.494. The number of aryl methyl sites for hydroxylation is 1. The average Bonchev–Trinajstić information content (AvgIpc) is 3.24. The minimum atomic E-state index is 0.494. The van der Waals surface area contributed by atoms with Crippen molar-refractivity contribution in [3.63, 3.8) is 0 Å². The highest BCUT2D eigenvalue weighted by Gasteiger charge is 2.22. The molecule has 0 unspecified atom stereocenters. The van der Waals surface area contributed by atoms with Crippen LogP contribution in [0.3, 0.4) is 0 Å². The lowest BCUT2D eigenvalue weighted by Crippen LogP contribution is -2.36. The van der Waals surface area contributed by atoms with Gasteiger partial charge in [-0.3, -0.25) is 4.90 Å². The van der Waals surface area contributed by atoms with Crippen LogP contribution in [-0.4, -0.2) is 36.7 Å². The fourth-order valence-corrected chi connectivity index (χ4v) is 4.08. The Morgan fingerprint density at radius 1 is 1.29 bits per heavy atom. The number of piperidine rings is 1. The van der Waals surface area contributed by atoms with Gasteiger partial charge in [0.1, 0.15) is 0 Å². The Balaban J connectivity index is 1.48. The molecular formula is C17H28N2OS. The molecule has 1 aliphatic carbocycles. The smallest absolute Gasteiger partial charge is 0.0599 e. The number of nitrogens with one attached hydrogen (secondary N) is 1. The van der Waals surface area contributed by atoms with Gasteiger partial charge in [0.15, 0.2) is 0 Å². The quantitative estimate of drug-likeness (QED) is 0.836. The first kappa shape index (κ1) is 15.5. The van der Waals surface area contributed by atoms with E-state index in [9.17, 15) is 0 Å². The number of hydrogen-bond donors (Lipinski definition) is 1. The molecule has 0 atom stereocenters. The number of hydrogen-bond acceptors (Lipinski definition) is 4. The molecule has 3 rings (SSSR count). The molecule has 3 nitrogen and oxygen atoms in total. The van der Waals surface area contributed by atoms with Crippen LogP contribution in [0.4, 0.5) is 0 Å². The summed E-state index contributed by atoms with van der Waals surface area (Å²) in [6.45, 7) is 9.75. The lowest BCUT2D eigenvalue weighted by Gasteiger charge is -2.31. The minimum Gasteiger partial charge on any atom is -0.378 e. The van der Waals surface area contributed by atoms with Crippen molar-refractivity contribution in [1.29, 1.82) is 0 Å². The van der Waals surface area contributed by atoms with E-state index in [0.29, 0.717) is 6.10 Å². The van der Waals surface area contributed by atoms with Crippen molar-refractivity contribution in [2.75, 3.05) is 19.7 Å². The van der Waals surface area contributed by atoms with Gasteiger partial charge < -0.3 is 10.1 Å². The standard InChI is InChI=1S/C17H28N2OS/c1-3-20-16-6-8-19(9-7-16)12-14-10-17(21-13(14)2)11-18-15-4-5-15/h10,15-16,18H,3-9,11-12H2,1-2H3. The Kier molecular flexibility index (Phi) is 5.33. The lowest BCUT2D eigenvalue weighted by molar-refractivity contribution is 0.0125. The van der Waals surface area contributed by atoms with Gasteiger partial charge in [-0.25, -0.2) is 0 Å². The molecule has 21 heavy (non-hydrogen) atoms. The molecule has 118 valence electrons. The zero-order chi connectivity index (χ0) is 14.7. The SMILES string of the molecule is CCOC1CCN(Cc2cc(CNC3CC3)sc2C)CC1. The summed E-state index contributed by atoms with van der Waals surface area (Å²) in [6, 6.07) is 3.22. The molecule has 0 bridgehead atoms. The molecule has 2 heterocycles. The molecule has 1 saturated carbocycles. The van der Waals surface area contributed by atoms with Crippen molar-refractivity contribution >= 4 is 11.3 Å². The first-order valence-electron chi connectivity index (χ1n) is 8.40. The first-order valence-corrected chi connectivity index (χ1v) is 9.21. The van der Waals surface area contributed by atoms with E-state index in [1.807, 2.05) is 11.3 Å². The number of ether oxygens (including phenoxy) is 1. The second-order valence-electron chi connectivity index (χ2n) is 6.38. The van der Waals surface area contributed by atoms with Gasteiger partial charge in [0.2, 0.25) is 0 Å². The molecule has 1 aliphatic heterocycles. The topological polar surface area (TPSA) is 24.5 Å². The fourth-order valence-electron chi connectivity index (χ4n) is 3.07. The Bertz CT molecular complexity index is 448. The molecule has 0 amide bonds. The van der Waals surface area contributed by atoms with Crippen LogP contribution in [0.2, 0.25) is 0 Å². The molecule has 2 aliphatic rings. The lowest BCUT2D eigenvalue weighted by atomic mass is 10.1. The highest BCUT2D eigenvalue weighted by Crippen LogP contribution is 2.26. The van der Waals surface area contributed by atoms with Crippen molar-refractivity contribution in [3.8, 4) is 0 Å². The molecule has 1 N–H and O–H groups in total. The van der Waals surface area contributed by atoms with E-state index >= 15 is 0 Å². The van der Waals surface area contributed by atoms with Gasteiger partial charge >= 0.3 is 0 Å². The highest BCUT2D eigenvalue weighted by atomic mass is 32.1. The zero-order valence-corrected chi connectivity index (χ0v) is 14.2. The van der Waals surface area contributed by atoms with Crippen LogP contribution in [0.5, 0.6) is 0 Å². The van der Waals surface area contributed by atoms with E-state index < -0.39 is 0 Å². The molecule has 1 saturated heterocycles. The van der Waals surface area contributed by atoms with Crippen LogP contribution in [0.25, 0.3) is 0 Å². The summed E-state index contributed by atoms with van der Waals surface area (Å²) in [4.78, 5) is 5.58. The molecule has 0 aromatic carbocycles. The van der Waals surface area contributed by atoms with Crippen LogP contribution in [-0.2, 0) is 17.8 Å². The maximum Gasteiger partial charge on any atom is 0.0599 e. The number of thiophene rings is 1. The Morgan fingerprint density at radius 2 is 2.05 bits per heavy atom. The normalized spacial score (nSPS) is 21.0. The maximum absolute atomic E-state index is 5.74. The van der Waals surface area contributed by atoms with E-state index in [1.165, 1.54) is 54.1 Å². The predicted octanol–water partition coefficient (Wildman–Crippen LogP) is 3.31. The summed E-state index contributed by atoms with van der Waals surface area (Å²) in [5.74, 6) is 0. The van der Waals surface area contributed by atoms with Crippen molar-refractivity contribution in [2.45, 2.75) is 64.8 Å². The number of likely N-dealkylation sites (tertiary alicyclic amines) is 1. The number of nitrogens with zero attached hydrogens (tertiary/aromatic N) is 1. The molecule has 1 aromatic heterocycles. The molecule has 2 fully saturated rings. The van der Waals surface area contributed by atoms with Crippen LogP contribution < -0.4 is 5.32 Å². The predicted molar refractivity (Wildman–Crippen MR) is 88.8 cm³/mol. The van der Waals surface area contributed by atoms with E-state index in [0.717, 1.165) is 25.7 Å². The van der Waals surface area contributed by atoms with E-state index in [4.69, 9.17) is 4.74 Å². The third-order valence-corrected chi connectivity index (χ3v) is 5.64. The Labute approximate surface area is 132 Å². The second-order valence-corrected chi connectivity index (χ2v) is 7.72. The molecule has 4 heteroatoms. The van der Waals surface area contributed by atoms with Crippen molar-refractivity contribution in [3.05, 3.63) is 21.4 Å². The fraction of sp³-hybridized carbons (Fsp3) is 0.765. The van der Waals surface area contributed by atoms with E-state index in [1.54, 1.807) is 0 Å². The van der Waals surface area contributed by atoms with Crippen molar-refractivity contribution < 1.29 is 4.74 Å². The van der Waals surface area contributed by atoms with E-state index in [-0.39, 0.29) is 0 Å². The maximum atomic E-state index is 5.74. The third-order valence-electron chi connectivity index (χ3n) is 4.54. The third kappa shape index (κ3) is 4.52. The molecule has 0 radical (unpaired) electrons. The largest absolute Gasteiger partial charge is 0.378 e. The van der Waals surface area contributed by atoms with Gasteiger partial charge in [-0.2, -0.15) is 0 Å². The summed E-state index contributed by atoms with van der Waals surface area (Å²) in [5.41, 5.74) is 1.53. The summed E-state index contributed by atoms with van der Waals surface area (Å²) in [7, 11) is 0. The van der Waals surface area contributed by atoms with Gasteiger partial charge in [0.25, 0.3) is 0 Å². The monoisotopic (exact) mass is 308 g/mol. The Hall–Kier alpha value is -0.420. The Morgan fingerprint density at radius 3 is 2.71 bits per heavy atom. The van der Waals surface area contributed by atoms with Crippen molar-refractivity contribution in [1.82, 2.24) is 10.2 Å². The van der Waals surface area contributed by atoms with Crippen LogP contribution >= 0.6 is 11.3 Å². The summed E-state index contributed by atoms with van der Waals surface area (Å²) < 4.78 is 5.74. The molecule has 0 spiro atoms. The summed E-state index contributed by atoms with van der Waals surface area (Å²) >= 11 is 1.97. The highest BCUT2D eigenvalue weighted by molar-refractivity contribution is 7.12. The molecular weight excluding hydrogens is 280 g/mol. The second kappa shape index (κ2) is 7.23. The average molecular weight is 308 g/mol. The number of rotatable bonds is 7. The van der Waals surface area contributed by atoms with Gasteiger partial charge in [0, 0.05) is 48.6 Å². The van der Waals surface area contributed by atoms with Crippen LogP contribution in [0.15, 0.2) is 6.07 Å². The van der Waals surface area contributed by atoms with Crippen LogP contribution in [0.1, 0.15) is 47.9 Å². The van der Waals surface area contributed by atoms with Gasteiger partial charge in [0.05, 0.1) is 6.10 Å². The van der Waals surface area contributed by atoms with Crippen LogP contribution in [0, 0.1) is 6.92 Å². The molecule has 1 aromatic rings. The van der Waals surface area contributed by atoms with E-state index in [2.05, 4.69) is 30.1 Å². The van der Waals surface area contributed by atoms with Gasteiger partial charge in [-0.1, -0.05) is 0 Å². The van der Waals surface area contributed by atoms with Crippen molar-refractivity contribution in [2.24, 2.45) is 0 Å². The van der Waals surface area contributed by atoms with Gasteiger partial charge in [-0.15, -0.1) is 11.3 Å². The first-order chi connectivity index (χ1) is 10.2. The summed E-state index contributed by atoms with van der Waals surface area (Å²) in [6.07, 6.45) is 5.60. The van der Waals surface area contributed by atoms with Gasteiger partial charge in [-0.05, 0) is 51.2 Å².